The monoisotopic (exact) mass is 269 g/mol. The van der Waals surface area contributed by atoms with E-state index in [2.05, 4.69) is 45.1 Å². The highest BCUT2D eigenvalue weighted by molar-refractivity contribution is 5.53. The fourth-order valence-corrected chi connectivity index (χ4v) is 2.48. The Morgan fingerprint density at radius 3 is 2.15 bits per heavy atom. The summed E-state index contributed by atoms with van der Waals surface area (Å²) < 4.78 is 0. The first-order valence-electron chi connectivity index (χ1n) is 7.02. The molecule has 0 saturated carbocycles. The molecule has 20 heavy (non-hydrogen) atoms. The predicted molar refractivity (Wildman–Crippen MR) is 85.5 cm³/mol. The molecule has 2 heteroatoms. The fraction of sp³-hybridized carbons (Fsp3) is 0.333. The molecule has 106 valence electrons. The average molecular weight is 269 g/mol. The largest absolute Gasteiger partial charge is 0.508 e. The number of hydrogen-bond acceptors (Lipinski definition) is 2. The second-order valence-corrected chi connectivity index (χ2v) is 5.66. The summed E-state index contributed by atoms with van der Waals surface area (Å²) in [6, 6.07) is 10.4. The molecule has 0 aromatic heterocycles. The Morgan fingerprint density at radius 2 is 1.50 bits per heavy atom. The van der Waals surface area contributed by atoms with Crippen molar-refractivity contribution in [2.75, 3.05) is 5.32 Å². The summed E-state index contributed by atoms with van der Waals surface area (Å²) in [4.78, 5) is 0. The molecule has 2 rings (SSSR count). The summed E-state index contributed by atoms with van der Waals surface area (Å²) in [5, 5.41) is 13.2. The summed E-state index contributed by atoms with van der Waals surface area (Å²) in [5.41, 5.74) is 7.07. The fourth-order valence-electron chi connectivity index (χ4n) is 2.48. The summed E-state index contributed by atoms with van der Waals surface area (Å²) in [5.74, 6) is 0.332. The van der Waals surface area contributed by atoms with Gasteiger partial charge in [-0.3, -0.25) is 0 Å². The third-order valence-electron chi connectivity index (χ3n) is 3.94. The van der Waals surface area contributed by atoms with Crippen molar-refractivity contribution in [1.82, 2.24) is 0 Å². The topological polar surface area (TPSA) is 32.3 Å². The maximum absolute atomic E-state index is 9.78. The van der Waals surface area contributed by atoms with E-state index in [1.54, 1.807) is 6.07 Å². The standard InChI is InChI=1S/C18H23NO/c1-11-6-7-16(10-18(11)20)19-15(5)17-9-13(3)12(2)8-14(17)4/h6-10,15,19-20H,1-5H3. The van der Waals surface area contributed by atoms with Crippen molar-refractivity contribution in [3.63, 3.8) is 0 Å². The second-order valence-electron chi connectivity index (χ2n) is 5.66. The van der Waals surface area contributed by atoms with Gasteiger partial charge < -0.3 is 10.4 Å². The molecule has 0 aliphatic heterocycles. The zero-order chi connectivity index (χ0) is 14.9. The number of aryl methyl sites for hydroxylation is 4. The van der Waals surface area contributed by atoms with Crippen LogP contribution in [0.3, 0.4) is 0 Å². The molecule has 0 bridgehead atoms. The zero-order valence-corrected chi connectivity index (χ0v) is 12.9. The summed E-state index contributed by atoms with van der Waals surface area (Å²) >= 11 is 0. The molecule has 0 spiro atoms. The summed E-state index contributed by atoms with van der Waals surface area (Å²) in [7, 11) is 0. The van der Waals surface area contributed by atoms with Crippen LogP contribution in [0.2, 0.25) is 0 Å². The lowest BCUT2D eigenvalue weighted by molar-refractivity contribution is 0.471. The highest BCUT2D eigenvalue weighted by Crippen LogP contribution is 2.27. The van der Waals surface area contributed by atoms with Crippen molar-refractivity contribution >= 4 is 5.69 Å². The van der Waals surface area contributed by atoms with Crippen molar-refractivity contribution in [1.29, 1.82) is 0 Å². The Bertz CT molecular complexity index is 632. The lowest BCUT2D eigenvalue weighted by Crippen LogP contribution is -2.09. The molecular weight excluding hydrogens is 246 g/mol. The van der Waals surface area contributed by atoms with E-state index in [0.717, 1.165) is 11.3 Å². The lowest BCUT2D eigenvalue weighted by Gasteiger charge is -2.20. The summed E-state index contributed by atoms with van der Waals surface area (Å²) in [6.45, 7) is 10.5. The molecule has 0 fully saturated rings. The van der Waals surface area contributed by atoms with Gasteiger partial charge in [-0.25, -0.2) is 0 Å². The number of nitrogens with one attached hydrogen (secondary N) is 1. The highest BCUT2D eigenvalue weighted by Gasteiger charge is 2.10. The van der Waals surface area contributed by atoms with E-state index < -0.39 is 0 Å². The van der Waals surface area contributed by atoms with Crippen molar-refractivity contribution in [3.8, 4) is 5.75 Å². The van der Waals surface area contributed by atoms with Crippen LogP contribution < -0.4 is 5.32 Å². The quantitative estimate of drug-likeness (QED) is 0.839. The van der Waals surface area contributed by atoms with E-state index in [1.807, 2.05) is 19.1 Å². The van der Waals surface area contributed by atoms with Crippen LogP contribution in [0.4, 0.5) is 5.69 Å². The summed E-state index contributed by atoms with van der Waals surface area (Å²) in [6.07, 6.45) is 0. The predicted octanol–water partition coefficient (Wildman–Crippen LogP) is 4.80. The Labute approximate surface area is 121 Å². The number of phenols is 1. The van der Waals surface area contributed by atoms with Crippen molar-refractivity contribution in [2.45, 2.75) is 40.7 Å². The van der Waals surface area contributed by atoms with Gasteiger partial charge in [-0.05, 0) is 68.5 Å². The van der Waals surface area contributed by atoms with E-state index in [1.165, 1.54) is 22.3 Å². The number of anilines is 1. The maximum atomic E-state index is 9.78. The first-order valence-corrected chi connectivity index (χ1v) is 7.02. The molecule has 2 aromatic rings. The van der Waals surface area contributed by atoms with Gasteiger partial charge in [-0.2, -0.15) is 0 Å². The van der Waals surface area contributed by atoms with Crippen LogP contribution >= 0.6 is 0 Å². The van der Waals surface area contributed by atoms with E-state index in [0.29, 0.717) is 5.75 Å². The van der Waals surface area contributed by atoms with Gasteiger partial charge in [0.15, 0.2) is 0 Å². The number of aromatic hydroxyl groups is 1. The van der Waals surface area contributed by atoms with Gasteiger partial charge in [-0.15, -0.1) is 0 Å². The smallest absolute Gasteiger partial charge is 0.120 e. The minimum atomic E-state index is 0.205. The van der Waals surface area contributed by atoms with Gasteiger partial charge >= 0.3 is 0 Å². The zero-order valence-electron chi connectivity index (χ0n) is 12.9. The number of rotatable bonds is 3. The van der Waals surface area contributed by atoms with Crippen LogP contribution in [0.5, 0.6) is 5.75 Å². The van der Waals surface area contributed by atoms with Gasteiger partial charge in [-0.1, -0.05) is 18.2 Å². The van der Waals surface area contributed by atoms with Gasteiger partial charge in [0.05, 0.1) is 0 Å². The Morgan fingerprint density at radius 1 is 0.850 bits per heavy atom. The second kappa shape index (κ2) is 5.58. The van der Waals surface area contributed by atoms with Gasteiger partial charge in [0.25, 0.3) is 0 Å². The van der Waals surface area contributed by atoms with Gasteiger partial charge in [0.2, 0.25) is 0 Å². The average Bonchev–Trinajstić information content (AvgIpc) is 2.38. The lowest BCUT2D eigenvalue weighted by atomic mass is 9.96. The molecule has 0 heterocycles. The molecule has 0 amide bonds. The SMILES string of the molecule is Cc1cc(C)c(C(C)Nc2ccc(C)c(O)c2)cc1C. The first kappa shape index (κ1) is 14.4. The maximum Gasteiger partial charge on any atom is 0.120 e. The molecule has 2 N–H and O–H groups in total. The number of phenolic OH excluding ortho intramolecular Hbond substituents is 1. The van der Waals surface area contributed by atoms with Crippen molar-refractivity contribution in [3.05, 3.63) is 58.1 Å². The minimum Gasteiger partial charge on any atom is -0.508 e. The molecule has 0 radical (unpaired) electrons. The van der Waals surface area contributed by atoms with Gasteiger partial charge in [0.1, 0.15) is 5.75 Å². The van der Waals surface area contributed by atoms with Crippen LogP contribution in [0, 0.1) is 27.7 Å². The molecule has 0 aliphatic carbocycles. The molecule has 1 atom stereocenters. The van der Waals surface area contributed by atoms with Crippen LogP contribution in [0.15, 0.2) is 30.3 Å². The van der Waals surface area contributed by atoms with E-state index in [9.17, 15) is 5.11 Å². The number of hydrogen-bond donors (Lipinski definition) is 2. The van der Waals surface area contributed by atoms with Crippen LogP contribution in [-0.2, 0) is 0 Å². The normalized spacial score (nSPS) is 12.2. The molecular formula is C18H23NO. The minimum absolute atomic E-state index is 0.205. The highest BCUT2D eigenvalue weighted by atomic mass is 16.3. The molecule has 2 aromatic carbocycles. The van der Waals surface area contributed by atoms with Crippen LogP contribution in [0.25, 0.3) is 0 Å². The van der Waals surface area contributed by atoms with Crippen molar-refractivity contribution < 1.29 is 5.11 Å². The van der Waals surface area contributed by atoms with Crippen LogP contribution in [-0.4, -0.2) is 5.11 Å². The molecule has 2 nitrogen and oxygen atoms in total. The third-order valence-corrected chi connectivity index (χ3v) is 3.94. The third kappa shape index (κ3) is 2.96. The Kier molecular flexibility index (Phi) is 4.03. The van der Waals surface area contributed by atoms with Crippen molar-refractivity contribution in [2.24, 2.45) is 0 Å². The first-order chi connectivity index (χ1) is 9.38. The molecule has 0 saturated heterocycles. The van der Waals surface area contributed by atoms with Gasteiger partial charge in [0, 0.05) is 17.8 Å². The molecule has 1 unspecified atom stereocenters. The number of benzene rings is 2. The van der Waals surface area contributed by atoms with E-state index in [4.69, 9.17) is 0 Å². The Hall–Kier alpha value is -1.96. The molecule has 0 aliphatic rings. The van der Waals surface area contributed by atoms with E-state index >= 15 is 0 Å². The van der Waals surface area contributed by atoms with Crippen LogP contribution in [0.1, 0.15) is 40.8 Å². The van der Waals surface area contributed by atoms with E-state index in [-0.39, 0.29) is 6.04 Å². The Balaban J connectivity index is 2.25.